The maximum atomic E-state index is 12.0. The summed E-state index contributed by atoms with van der Waals surface area (Å²) in [5.41, 5.74) is 2.09. The fourth-order valence-corrected chi connectivity index (χ4v) is 1.80. The van der Waals surface area contributed by atoms with E-state index in [1.165, 1.54) is 0 Å². The van der Waals surface area contributed by atoms with Crippen molar-refractivity contribution in [3.05, 3.63) is 35.5 Å². The molecule has 4 heteroatoms. The van der Waals surface area contributed by atoms with E-state index in [1.807, 2.05) is 25.1 Å². The first-order valence-corrected chi connectivity index (χ1v) is 5.31. The highest BCUT2D eigenvalue weighted by Gasteiger charge is 2.12. The Morgan fingerprint density at radius 2 is 2.24 bits per heavy atom. The number of hydrogen-bond acceptors (Lipinski definition) is 3. The van der Waals surface area contributed by atoms with Gasteiger partial charge in [0, 0.05) is 22.7 Å². The second-order valence-corrected chi connectivity index (χ2v) is 4.24. The summed E-state index contributed by atoms with van der Waals surface area (Å²) >= 11 is 0. The summed E-state index contributed by atoms with van der Waals surface area (Å²) in [7, 11) is 3.72. The van der Waals surface area contributed by atoms with Crippen molar-refractivity contribution in [3.63, 3.8) is 0 Å². The second kappa shape index (κ2) is 4.40. The fraction of sp³-hybridized carbons (Fsp3) is 0.231. The van der Waals surface area contributed by atoms with Gasteiger partial charge in [0.2, 0.25) is 0 Å². The van der Waals surface area contributed by atoms with Crippen LogP contribution in [0.1, 0.15) is 15.9 Å². The monoisotopic (exact) mass is 227 g/mol. The van der Waals surface area contributed by atoms with Crippen LogP contribution < -0.4 is 0 Å². The van der Waals surface area contributed by atoms with Gasteiger partial charge in [-0.1, -0.05) is 6.07 Å². The standard InChI is InChI=1S/C13H13N3O/c1-16(2)8-13(17)11-7-15-12-5-9(6-14)3-4-10(11)12/h3-5,7,15H,8H2,1-2H3. The highest BCUT2D eigenvalue weighted by molar-refractivity contribution is 6.08. The molecule has 2 aromatic rings. The Kier molecular flexibility index (Phi) is 2.94. The third kappa shape index (κ3) is 2.19. The van der Waals surface area contributed by atoms with Crippen LogP contribution in [0.4, 0.5) is 0 Å². The van der Waals surface area contributed by atoms with Crippen LogP contribution in [0.3, 0.4) is 0 Å². The number of fused-ring (bicyclic) bond motifs is 1. The van der Waals surface area contributed by atoms with Crippen LogP contribution in [0.2, 0.25) is 0 Å². The number of nitrogens with one attached hydrogen (secondary N) is 1. The SMILES string of the molecule is CN(C)CC(=O)c1c[nH]c2cc(C#N)ccc12. The van der Waals surface area contributed by atoms with Crippen molar-refractivity contribution in [1.82, 2.24) is 9.88 Å². The Morgan fingerprint density at radius 1 is 1.47 bits per heavy atom. The predicted molar refractivity (Wildman–Crippen MR) is 65.9 cm³/mol. The maximum absolute atomic E-state index is 12.0. The van der Waals surface area contributed by atoms with Gasteiger partial charge in [0.15, 0.2) is 5.78 Å². The molecule has 1 heterocycles. The van der Waals surface area contributed by atoms with E-state index in [0.717, 1.165) is 10.9 Å². The summed E-state index contributed by atoms with van der Waals surface area (Å²) in [4.78, 5) is 16.8. The number of aromatic amines is 1. The number of Topliss-reactive ketones (excluding diaryl/α,β-unsaturated/α-hetero) is 1. The van der Waals surface area contributed by atoms with Crippen LogP contribution in [0.5, 0.6) is 0 Å². The molecule has 1 aromatic heterocycles. The molecule has 0 aliphatic carbocycles. The quantitative estimate of drug-likeness (QED) is 0.813. The lowest BCUT2D eigenvalue weighted by molar-refractivity contribution is 0.0959. The van der Waals surface area contributed by atoms with Crippen LogP contribution in [0.15, 0.2) is 24.4 Å². The molecule has 0 fully saturated rings. The Hall–Kier alpha value is -2.12. The molecule has 0 aliphatic heterocycles. The first-order chi connectivity index (χ1) is 8.11. The number of hydrogen-bond donors (Lipinski definition) is 1. The van der Waals surface area contributed by atoms with Gasteiger partial charge in [-0.2, -0.15) is 5.26 Å². The first kappa shape index (κ1) is 11.4. The van der Waals surface area contributed by atoms with Crippen molar-refractivity contribution in [2.75, 3.05) is 20.6 Å². The average Bonchev–Trinajstić information content (AvgIpc) is 2.70. The van der Waals surface area contributed by atoms with E-state index in [9.17, 15) is 4.79 Å². The summed E-state index contributed by atoms with van der Waals surface area (Å²) < 4.78 is 0. The lowest BCUT2D eigenvalue weighted by Gasteiger charge is -2.07. The average molecular weight is 227 g/mol. The van der Waals surface area contributed by atoms with Crippen molar-refractivity contribution < 1.29 is 4.79 Å². The molecule has 0 atom stereocenters. The van der Waals surface area contributed by atoms with Crippen LogP contribution in [-0.2, 0) is 0 Å². The molecule has 0 aliphatic rings. The molecule has 0 saturated heterocycles. The molecule has 0 saturated carbocycles. The third-order valence-corrected chi connectivity index (χ3v) is 2.57. The van der Waals surface area contributed by atoms with Gasteiger partial charge in [-0.15, -0.1) is 0 Å². The number of carbonyl (C=O) groups is 1. The zero-order chi connectivity index (χ0) is 12.4. The molecular weight excluding hydrogens is 214 g/mol. The van der Waals surface area contributed by atoms with E-state index in [2.05, 4.69) is 11.1 Å². The number of benzene rings is 1. The number of aromatic nitrogens is 1. The van der Waals surface area contributed by atoms with E-state index in [0.29, 0.717) is 17.7 Å². The van der Waals surface area contributed by atoms with Gasteiger partial charge in [0.25, 0.3) is 0 Å². The lowest BCUT2D eigenvalue weighted by atomic mass is 10.1. The van der Waals surface area contributed by atoms with Crippen molar-refractivity contribution >= 4 is 16.7 Å². The highest BCUT2D eigenvalue weighted by atomic mass is 16.1. The first-order valence-electron chi connectivity index (χ1n) is 5.31. The third-order valence-electron chi connectivity index (χ3n) is 2.57. The fourth-order valence-electron chi connectivity index (χ4n) is 1.80. The van der Waals surface area contributed by atoms with Gasteiger partial charge in [-0.05, 0) is 26.2 Å². The van der Waals surface area contributed by atoms with E-state index in [4.69, 9.17) is 5.26 Å². The van der Waals surface area contributed by atoms with Crippen molar-refractivity contribution in [1.29, 1.82) is 5.26 Å². The molecule has 1 N–H and O–H groups in total. The Balaban J connectivity index is 2.44. The van der Waals surface area contributed by atoms with Crippen LogP contribution in [0.25, 0.3) is 10.9 Å². The topological polar surface area (TPSA) is 59.9 Å². The number of H-pyrrole nitrogens is 1. The van der Waals surface area contributed by atoms with Gasteiger partial charge in [-0.25, -0.2) is 0 Å². The van der Waals surface area contributed by atoms with Crippen LogP contribution >= 0.6 is 0 Å². The number of nitriles is 1. The molecule has 4 nitrogen and oxygen atoms in total. The molecule has 0 amide bonds. The second-order valence-electron chi connectivity index (χ2n) is 4.24. The maximum Gasteiger partial charge on any atom is 0.178 e. The normalized spacial score (nSPS) is 10.7. The molecule has 0 bridgehead atoms. The Bertz CT molecular complexity index is 605. The number of carbonyl (C=O) groups excluding carboxylic acids is 1. The Morgan fingerprint density at radius 3 is 2.88 bits per heavy atom. The number of nitrogens with zero attached hydrogens (tertiary/aromatic N) is 2. The van der Waals surface area contributed by atoms with Crippen molar-refractivity contribution in [3.8, 4) is 6.07 Å². The van der Waals surface area contributed by atoms with Gasteiger partial charge in [0.05, 0.1) is 18.2 Å². The summed E-state index contributed by atoms with van der Waals surface area (Å²) in [6.45, 7) is 0.382. The van der Waals surface area contributed by atoms with Crippen LogP contribution in [0, 0.1) is 11.3 Å². The summed E-state index contributed by atoms with van der Waals surface area (Å²) in [5, 5.41) is 9.67. The minimum Gasteiger partial charge on any atom is -0.360 e. The summed E-state index contributed by atoms with van der Waals surface area (Å²) in [5.74, 6) is 0.0750. The van der Waals surface area contributed by atoms with Gasteiger partial charge in [-0.3, -0.25) is 4.79 Å². The molecule has 1 aromatic carbocycles. The molecule has 86 valence electrons. The number of ketones is 1. The lowest BCUT2D eigenvalue weighted by Crippen LogP contribution is -2.21. The highest BCUT2D eigenvalue weighted by Crippen LogP contribution is 2.20. The summed E-state index contributed by atoms with van der Waals surface area (Å²) in [6, 6.07) is 7.37. The van der Waals surface area contributed by atoms with Gasteiger partial charge >= 0.3 is 0 Å². The zero-order valence-electron chi connectivity index (χ0n) is 9.82. The number of likely N-dealkylation sites (N-methyl/N-ethyl adjacent to an activating group) is 1. The van der Waals surface area contributed by atoms with Gasteiger partial charge in [0.1, 0.15) is 0 Å². The van der Waals surface area contributed by atoms with Crippen molar-refractivity contribution in [2.24, 2.45) is 0 Å². The minimum absolute atomic E-state index is 0.0750. The van der Waals surface area contributed by atoms with Crippen molar-refractivity contribution in [2.45, 2.75) is 0 Å². The zero-order valence-corrected chi connectivity index (χ0v) is 9.82. The molecule has 0 spiro atoms. The van der Waals surface area contributed by atoms with E-state index in [-0.39, 0.29) is 5.78 Å². The van der Waals surface area contributed by atoms with Gasteiger partial charge < -0.3 is 9.88 Å². The van der Waals surface area contributed by atoms with Crippen LogP contribution in [-0.4, -0.2) is 36.3 Å². The molecule has 0 unspecified atom stereocenters. The Labute approximate surface area is 99.5 Å². The number of rotatable bonds is 3. The smallest absolute Gasteiger partial charge is 0.178 e. The van der Waals surface area contributed by atoms with E-state index >= 15 is 0 Å². The summed E-state index contributed by atoms with van der Waals surface area (Å²) in [6.07, 6.45) is 1.71. The molecule has 0 radical (unpaired) electrons. The van der Waals surface area contributed by atoms with E-state index in [1.54, 1.807) is 18.3 Å². The molecular formula is C13H13N3O. The molecule has 2 rings (SSSR count). The predicted octanol–water partition coefficient (Wildman–Crippen LogP) is 1.78. The van der Waals surface area contributed by atoms with E-state index < -0.39 is 0 Å². The minimum atomic E-state index is 0.0750. The largest absolute Gasteiger partial charge is 0.360 e. The molecule has 17 heavy (non-hydrogen) atoms.